The second-order valence-electron chi connectivity index (χ2n) is 5.91. The highest BCUT2D eigenvalue weighted by atomic mass is 16.4. The zero-order valence-corrected chi connectivity index (χ0v) is 9.34. The van der Waals surface area contributed by atoms with Crippen LogP contribution in [0.5, 0.6) is 0 Å². The number of hydrogen-bond donors (Lipinski definition) is 1. The number of carbonyl (C=O) groups is 1. The smallest absolute Gasteiger partial charge is 0.303 e. The second-order valence-corrected chi connectivity index (χ2v) is 5.91. The van der Waals surface area contributed by atoms with Gasteiger partial charge >= 0.3 is 5.97 Å². The Morgan fingerprint density at radius 1 is 1.43 bits per heavy atom. The highest BCUT2D eigenvalue weighted by Gasteiger charge is 2.61. The summed E-state index contributed by atoms with van der Waals surface area (Å²) in [6, 6.07) is 0. The summed E-state index contributed by atoms with van der Waals surface area (Å²) in [5.74, 6) is 0.546. The van der Waals surface area contributed by atoms with Gasteiger partial charge in [-0.15, -0.1) is 0 Å². The fourth-order valence-corrected chi connectivity index (χ4v) is 3.89. The predicted molar refractivity (Wildman–Crippen MR) is 55.0 cm³/mol. The average molecular weight is 196 g/mol. The van der Waals surface area contributed by atoms with E-state index in [-0.39, 0.29) is 5.41 Å². The van der Waals surface area contributed by atoms with Crippen molar-refractivity contribution in [1.29, 1.82) is 0 Å². The maximum atomic E-state index is 10.8. The average Bonchev–Trinajstić information content (AvgIpc) is 2.35. The van der Waals surface area contributed by atoms with Crippen LogP contribution >= 0.6 is 0 Å². The van der Waals surface area contributed by atoms with E-state index in [0.717, 1.165) is 12.3 Å². The van der Waals surface area contributed by atoms with Gasteiger partial charge in [0, 0.05) is 6.42 Å². The molecular formula is C12H20O2. The Balaban J connectivity index is 2.23. The first kappa shape index (κ1) is 10.0. The SMILES string of the molecule is CC1(C)[C@H]2CC[C@]1(C)[C@@H](CC(=O)O)C2. The van der Waals surface area contributed by atoms with Gasteiger partial charge in [0.15, 0.2) is 0 Å². The zero-order valence-electron chi connectivity index (χ0n) is 9.34. The predicted octanol–water partition coefficient (Wildman–Crippen LogP) is 2.92. The van der Waals surface area contributed by atoms with Crippen LogP contribution in [0.3, 0.4) is 0 Å². The minimum absolute atomic E-state index is 0.274. The van der Waals surface area contributed by atoms with Crippen molar-refractivity contribution < 1.29 is 9.90 Å². The molecule has 2 fully saturated rings. The van der Waals surface area contributed by atoms with E-state index in [1.807, 2.05) is 0 Å². The van der Waals surface area contributed by atoms with Gasteiger partial charge in [0.1, 0.15) is 0 Å². The first-order valence-electron chi connectivity index (χ1n) is 5.60. The molecule has 2 aliphatic rings. The normalized spacial score (nSPS) is 44.2. The summed E-state index contributed by atoms with van der Waals surface area (Å²) in [5.41, 5.74) is 0.628. The van der Waals surface area contributed by atoms with Gasteiger partial charge in [-0.1, -0.05) is 20.8 Å². The van der Waals surface area contributed by atoms with Crippen LogP contribution in [0, 0.1) is 22.7 Å². The summed E-state index contributed by atoms with van der Waals surface area (Å²) < 4.78 is 0. The molecule has 80 valence electrons. The van der Waals surface area contributed by atoms with Crippen LogP contribution in [-0.2, 0) is 4.79 Å². The Morgan fingerprint density at radius 2 is 2.07 bits per heavy atom. The molecule has 1 N–H and O–H groups in total. The molecule has 0 aromatic heterocycles. The molecule has 0 heterocycles. The van der Waals surface area contributed by atoms with Gasteiger partial charge in [0.2, 0.25) is 0 Å². The number of hydrogen-bond acceptors (Lipinski definition) is 1. The van der Waals surface area contributed by atoms with Crippen molar-refractivity contribution in [3.8, 4) is 0 Å². The van der Waals surface area contributed by atoms with Crippen molar-refractivity contribution >= 4 is 5.97 Å². The summed E-state index contributed by atoms with van der Waals surface area (Å²) in [7, 11) is 0. The molecule has 0 saturated heterocycles. The summed E-state index contributed by atoms with van der Waals surface area (Å²) in [6.45, 7) is 6.95. The number of carboxylic acid groups (broad SMARTS) is 1. The second kappa shape index (κ2) is 2.74. The van der Waals surface area contributed by atoms with E-state index in [2.05, 4.69) is 20.8 Å². The van der Waals surface area contributed by atoms with Gasteiger partial charge in [-0.05, 0) is 41.9 Å². The highest BCUT2D eigenvalue weighted by molar-refractivity contribution is 5.67. The Kier molecular flexibility index (Phi) is 1.96. The lowest BCUT2D eigenvalue weighted by atomic mass is 9.66. The molecule has 2 rings (SSSR count). The molecule has 0 amide bonds. The summed E-state index contributed by atoms with van der Waals surface area (Å²) in [5, 5.41) is 8.89. The van der Waals surface area contributed by atoms with Crippen LogP contribution in [0.25, 0.3) is 0 Å². The van der Waals surface area contributed by atoms with Crippen LogP contribution in [-0.4, -0.2) is 11.1 Å². The molecule has 0 aliphatic heterocycles. The lowest BCUT2D eigenvalue weighted by Gasteiger charge is -2.38. The zero-order chi connectivity index (χ0) is 10.6. The van der Waals surface area contributed by atoms with Crippen molar-refractivity contribution in [1.82, 2.24) is 0 Å². The third-order valence-corrected chi connectivity index (χ3v) is 5.40. The van der Waals surface area contributed by atoms with Crippen molar-refractivity contribution in [2.24, 2.45) is 22.7 Å². The van der Waals surface area contributed by atoms with E-state index in [9.17, 15) is 4.79 Å². The molecule has 2 saturated carbocycles. The van der Waals surface area contributed by atoms with Crippen LogP contribution in [0.2, 0.25) is 0 Å². The maximum Gasteiger partial charge on any atom is 0.303 e. The number of carboxylic acids is 1. The monoisotopic (exact) mass is 196 g/mol. The Bertz CT molecular complexity index is 269. The van der Waals surface area contributed by atoms with Gasteiger partial charge in [-0.3, -0.25) is 4.79 Å². The maximum absolute atomic E-state index is 10.8. The largest absolute Gasteiger partial charge is 0.481 e. The lowest BCUT2D eigenvalue weighted by molar-refractivity contribution is -0.139. The van der Waals surface area contributed by atoms with Gasteiger partial charge in [0.05, 0.1) is 0 Å². The van der Waals surface area contributed by atoms with E-state index in [1.54, 1.807) is 0 Å². The molecular weight excluding hydrogens is 176 g/mol. The number of rotatable bonds is 2. The minimum atomic E-state index is -0.625. The molecule has 0 spiro atoms. The lowest BCUT2D eigenvalue weighted by Crippen LogP contribution is -2.33. The van der Waals surface area contributed by atoms with Crippen molar-refractivity contribution in [3.05, 3.63) is 0 Å². The fourth-order valence-electron chi connectivity index (χ4n) is 3.89. The van der Waals surface area contributed by atoms with Gasteiger partial charge in [-0.2, -0.15) is 0 Å². The Hall–Kier alpha value is -0.530. The van der Waals surface area contributed by atoms with Gasteiger partial charge in [-0.25, -0.2) is 0 Å². The standard InChI is InChI=1S/C12H20O2/c1-11(2)8-4-5-12(11,3)9(6-8)7-10(13)14/h8-9H,4-7H2,1-3H3,(H,13,14)/t8-,9+,12+/m0/s1. The Morgan fingerprint density at radius 3 is 2.43 bits per heavy atom. The van der Waals surface area contributed by atoms with Crippen LogP contribution in [0.15, 0.2) is 0 Å². The van der Waals surface area contributed by atoms with Crippen LogP contribution in [0.4, 0.5) is 0 Å². The molecule has 2 aliphatic carbocycles. The first-order valence-corrected chi connectivity index (χ1v) is 5.60. The van der Waals surface area contributed by atoms with Crippen molar-refractivity contribution in [2.45, 2.75) is 46.5 Å². The molecule has 0 radical (unpaired) electrons. The Labute approximate surface area is 85.7 Å². The van der Waals surface area contributed by atoms with E-state index in [4.69, 9.17) is 5.11 Å². The number of fused-ring (bicyclic) bond motifs is 2. The molecule has 0 aromatic rings. The van der Waals surface area contributed by atoms with E-state index in [1.165, 1.54) is 12.8 Å². The molecule has 2 heteroatoms. The van der Waals surface area contributed by atoms with E-state index < -0.39 is 5.97 Å². The van der Waals surface area contributed by atoms with Gasteiger partial charge in [0.25, 0.3) is 0 Å². The molecule has 0 aromatic carbocycles. The minimum Gasteiger partial charge on any atom is -0.481 e. The highest BCUT2D eigenvalue weighted by Crippen LogP contribution is 2.68. The van der Waals surface area contributed by atoms with E-state index >= 15 is 0 Å². The molecule has 3 atom stereocenters. The number of aliphatic carboxylic acids is 1. The van der Waals surface area contributed by atoms with E-state index in [0.29, 0.717) is 17.8 Å². The summed E-state index contributed by atoms with van der Waals surface area (Å²) in [6.07, 6.45) is 4.04. The molecule has 0 unspecified atom stereocenters. The van der Waals surface area contributed by atoms with Crippen LogP contribution < -0.4 is 0 Å². The van der Waals surface area contributed by atoms with Gasteiger partial charge < -0.3 is 5.11 Å². The molecule has 2 bridgehead atoms. The quantitative estimate of drug-likeness (QED) is 0.737. The topological polar surface area (TPSA) is 37.3 Å². The van der Waals surface area contributed by atoms with Crippen LogP contribution in [0.1, 0.15) is 46.5 Å². The molecule has 2 nitrogen and oxygen atoms in total. The van der Waals surface area contributed by atoms with Crippen molar-refractivity contribution in [2.75, 3.05) is 0 Å². The first-order chi connectivity index (χ1) is 6.38. The third kappa shape index (κ3) is 1.06. The summed E-state index contributed by atoms with van der Waals surface area (Å²) >= 11 is 0. The van der Waals surface area contributed by atoms with Crippen molar-refractivity contribution in [3.63, 3.8) is 0 Å². The molecule has 14 heavy (non-hydrogen) atoms. The fraction of sp³-hybridized carbons (Fsp3) is 0.917. The third-order valence-electron chi connectivity index (χ3n) is 5.40. The summed E-state index contributed by atoms with van der Waals surface area (Å²) in [4.78, 5) is 10.8.